The SMILES string of the molecule is Cc1ccc(NC(=O)COC(=O)C2CC(=O)N(c3ccc(Br)cc3)C2)cc1Cl. The summed E-state index contributed by atoms with van der Waals surface area (Å²) >= 11 is 9.37. The first-order chi connectivity index (χ1) is 13.3. The van der Waals surface area contributed by atoms with Crippen LogP contribution in [0.4, 0.5) is 11.4 Å². The summed E-state index contributed by atoms with van der Waals surface area (Å²) in [5.74, 6) is -1.78. The van der Waals surface area contributed by atoms with Crippen molar-refractivity contribution in [2.24, 2.45) is 5.92 Å². The van der Waals surface area contributed by atoms with Gasteiger partial charge in [-0.05, 0) is 48.9 Å². The van der Waals surface area contributed by atoms with E-state index in [9.17, 15) is 14.4 Å². The highest BCUT2D eigenvalue weighted by atomic mass is 79.9. The highest BCUT2D eigenvalue weighted by Crippen LogP contribution is 2.27. The minimum atomic E-state index is -0.599. The predicted molar refractivity (Wildman–Crippen MR) is 110 cm³/mol. The second-order valence-corrected chi connectivity index (χ2v) is 7.82. The van der Waals surface area contributed by atoms with Crippen LogP contribution in [0.3, 0.4) is 0 Å². The van der Waals surface area contributed by atoms with Crippen LogP contribution < -0.4 is 10.2 Å². The van der Waals surface area contributed by atoms with E-state index in [-0.39, 0.29) is 18.9 Å². The average Bonchev–Trinajstić information content (AvgIpc) is 3.05. The number of aryl methyl sites for hydroxylation is 1. The maximum absolute atomic E-state index is 12.3. The standard InChI is InChI=1S/C20H18BrClN2O4/c1-12-2-5-15(9-17(12)22)23-18(25)11-28-20(27)13-8-19(26)24(10-13)16-6-3-14(21)4-7-16/h2-7,9,13H,8,10-11H2,1H3,(H,23,25). The van der Waals surface area contributed by atoms with Gasteiger partial charge in [-0.2, -0.15) is 0 Å². The molecule has 28 heavy (non-hydrogen) atoms. The third kappa shape index (κ3) is 4.91. The first kappa shape index (κ1) is 20.4. The number of hydrogen-bond donors (Lipinski definition) is 1. The number of nitrogens with zero attached hydrogens (tertiary/aromatic N) is 1. The molecule has 1 N–H and O–H groups in total. The van der Waals surface area contributed by atoms with Gasteiger partial charge in [0.1, 0.15) is 0 Å². The van der Waals surface area contributed by atoms with Gasteiger partial charge in [0.2, 0.25) is 5.91 Å². The van der Waals surface area contributed by atoms with Gasteiger partial charge in [-0.1, -0.05) is 33.6 Å². The highest BCUT2D eigenvalue weighted by Gasteiger charge is 2.36. The topological polar surface area (TPSA) is 75.7 Å². The zero-order valence-electron chi connectivity index (χ0n) is 15.1. The van der Waals surface area contributed by atoms with Crippen LogP contribution in [0.15, 0.2) is 46.9 Å². The molecule has 146 valence electrons. The quantitative estimate of drug-likeness (QED) is 0.679. The van der Waals surface area contributed by atoms with Gasteiger partial charge >= 0.3 is 5.97 Å². The summed E-state index contributed by atoms with van der Waals surface area (Å²) in [6.07, 6.45) is 0.0596. The number of nitrogens with one attached hydrogen (secondary N) is 1. The molecule has 0 spiro atoms. The fourth-order valence-electron chi connectivity index (χ4n) is 2.86. The zero-order valence-corrected chi connectivity index (χ0v) is 17.4. The van der Waals surface area contributed by atoms with Crippen molar-refractivity contribution >= 4 is 56.7 Å². The second-order valence-electron chi connectivity index (χ2n) is 6.50. The molecule has 1 heterocycles. The van der Waals surface area contributed by atoms with Crippen LogP contribution in [0.2, 0.25) is 5.02 Å². The first-order valence-electron chi connectivity index (χ1n) is 8.62. The molecule has 0 aliphatic carbocycles. The number of benzene rings is 2. The van der Waals surface area contributed by atoms with Crippen LogP contribution >= 0.6 is 27.5 Å². The third-order valence-electron chi connectivity index (χ3n) is 4.40. The number of rotatable bonds is 5. The maximum Gasteiger partial charge on any atom is 0.311 e. The summed E-state index contributed by atoms with van der Waals surface area (Å²) < 4.78 is 6.00. The monoisotopic (exact) mass is 464 g/mol. The highest BCUT2D eigenvalue weighted by molar-refractivity contribution is 9.10. The maximum atomic E-state index is 12.3. The van der Waals surface area contributed by atoms with Crippen molar-refractivity contribution in [3.8, 4) is 0 Å². The fraction of sp³-hybridized carbons (Fsp3) is 0.250. The first-order valence-corrected chi connectivity index (χ1v) is 9.79. The minimum Gasteiger partial charge on any atom is -0.455 e. The van der Waals surface area contributed by atoms with Crippen molar-refractivity contribution in [1.29, 1.82) is 0 Å². The van der Waals surface area contributed by atoms with Gasteiger partial charge in [0.25, 0.3) is 5.91 Å². The van der Waals surface area contributed by atoms with Crippen molar-refractivity contribution in [2.45, 2.75) is 13.3 Å². The summed E-state index contributed by atoms with van der Waals surface area (Å²) in [5, 5.41) is 3.16. The molecule has 1 unspecified atom stereocenters. The zero-order chi connectivity index (χ0) is 20.3. The molecule has 8 heteroatoms. The van der Waals surface area contributed by atoms with E-state index in [1.165, 1.54) is 0 Å². The number of carbonyl (C=O) groups is 3. The summed E-state index contributed by atoms with van der Waals surface area (Å²) in [4.78, 5) is 38.0. The number of amides is 2. The largest absolute Gasteiger partial charge is 0.455 e. The molecule has 1 aliphatic heterocycles. The van der Waals surface area contributed by atoms with Gasteiger partial charge in [0.05, 0.1) is 5.92 Å². The number of carbonyl (C=O) groups excluding carboxylic acids is 3. The van der Waals surface area contributed by atoms with Crippen molar-refractivity contribution in [2.75, 3.05) is 23.4 Å². The van der Waals surface area contributed by atoms with Crippen LogP contribution in [0.5, 0.6) is 0 Å². The molecule has 0 saturated carbocycles. The predicted octanol–water partition coefficient (Wildman–Crippen LogP) is 3.95. The van der Waals surface area contributed by atoms with Crippen molar-refractivity contribution < 1.29 is 19.1 Å². The summed E-state index contributed by atoms with van der Waals surface area (Å²) in [7, 11) is 0. The number of hydrogen-bond acceptors (Lipinski definition) is 4. The van der Waals surface area contributed by atoms with Crippen LogP contribution in [0, 0.1) is 12.8 Å². The lowest BCUT2D eigenvalue weighted by molar-refractivity contribution is -0.151. The Hall–Kier alpha value is -2.38. The van der Waals surface area contributed by atoms with Crippen LogP contribution in [-0.4, -0.2) is 30.9 Å². The van der Waals surface area contributed by atoms with E-state index in [0.717, 1.165) is 15.7 Å². The number of anilines is 2. The van der Waals surface area contributed by atoms with E-state index in [1.54, 1.807) is 35.2 Å². The van der Waals surface area contributed by atoms with Crippen molar-refractivity contribution in [3.63, 3.8) is 0 Å². The van der Waals surface area contributed by atoms with Crippen LogP contribution in [0.1, 0.15) is 12.0 Å². The van der Waals surface area contributed by atoms with Gasteiger partial charge in [0.15, 0.2) is 6.61 Å². The van der Waals surface area contributed by atoms with Gasteiger partial charge < -0.3 is 15.0 Å². The summed E-state index contributed by atoms with van der Waals surface area (Å²) in [5.41, 5.74) is 2.14. The Kier molecular flexibility index (Phi) is 6.36. The Morgan fingerprint density at radius 2 is 1.96 bits per heavy atom. The Bertz CT molecular complexity index is 917. The molecule has 1 atom stereocenters. The van der Waals surface area contributed by atoms with Crippen molar-refractivity contribution in [3.05, 3.63) is 57.5 Å². The van der Waals surface area contributed by atoms with E-state index in [4.69, 9.17) is 16.3 Å². The molecule has 1 fully saturated rings. The smallest absolute Gasteiger partial charge is 0.311 e. The minimum absolute atomic E-state index is 0.0596. The van der Waals surface area contributed by atoms with Gasteiger partial charge in [-0.15, -0.1) is 0 Å². The fourth-order valence-corrected chi connectivity index (χ4v) is 3.30. The third-order valence-corrected chi connectivity index (χ3v) is 5.33. The van der Waals surface area contributed by atoms with Gasteiger partial charge in [-0.25, -0.2) is 0 Å². The normalized spacial score (nSPS) is 16.2. The molecule has 2 aromatic carbocycles. The van der Waals surface area contributed by atoms with Gasteiger partial charge in [0, 0.05) is 33.8 Å². The Labute approximate surface area is 175 Å². The summed E-state index contributed by atoms with van der Waals surface area (Å²) in [6.45, 7) is 1.66. The Morgan fingerprint density at radius 3 is 2.64 bits per heavy atom. The number of halogens is 2. The van der Waals surface area contributed by atoms with Gasteiger partial charge in [-0.3, -0.25) is 14.4 Å². The molecule has 0 aromatic heterocycles. The van der Waals surface area contributed by atoms with E-state index in [2.05, 4.69) is 21.2 Å². The average molecular weight is 466 g/mol. The van der Waals surface area contributed by atoms with E-state index < -0.39 is 24.4 Å². The lowest BCUT2D eigenvalue weighted by atomic mass is 10.1. The molecule has 3 rings (SSSR count). The summed E-state index contributed by atoms with van der Waals surface area (Å²) in [6, 6.07) is 12.4. The molecule has 0 bridgehead atoms. The molecule has 2 amide bonds. The van der Waals surface area contributed by atoms with E-state index in [0.29, 0.717) is 10.7 Å². The van der Waals surface area contributed by atoms with E-state index in [1.807, 2.05) is 19.1 Å². The van der Waals surface area contributed by atoms with E-state index >= 15 is 0 Å². The van der Waals surface area contributed by atoms with Crippen molar-refractivity contribution in [1.82, 2.24) is 0 Å². The Balaban J connectivity index is 1.52. The number of esters is 1. The molecule has 1 aliphatic rings. The molecule has 0 radical (unpaired) electrons. The van der Waals surface area contributed by atoms with Crippen LogP contribution in [-0.2, 0) is 19.1 Å². The second kappa shape index (κ2) is 8.75. The lowest BCUT2D eigenvalue weighted by Gasteiger charge is -2.16. The molecule has 1 saturated heterocycles. The Morgan fingerprint density at radius 1 is 1.25 bits per heavy atom. The molecular formula is C20H18BrClN2O4. The van der Waals surface area contributed by atoms with Crippen LogP contribution in [0.25, 0.3) is 0 Å². The lowest BCUT2D eigenvalue weighted by Crippen LogP contribution is -2.28. The molecule has 2 aromatic rings. The molecular weight excluding hydrogens is 448 g/mol. The number of ether oxygens (including phenoxy) is 1. The molecule has 6 nitrogen and oxygen atoms in total.